The fourth-order valence-electron chi connectivity index (χ4n) is 4.25. The highest BCUT2D eigenvalue weighted by Gasteiger charge is 2.24. The van der Waals surface area contributed by atoms with Crippen LogP contribution in [0.25, 0.3) is 22.2 Å². The number of rotatable bonds is 5. The van der Waals surface area contributed by atoms with E-state index in [4.69, 9.17) is 4.74 Å². The van der Waals surface area contributed by atoms with Crippen LogP contribution in [-0.2, 0) is 16.6 Å². The Labute approximate surface area is 198 Å². The molecule has 1 saturated heterocycles. The molecule has 178 valence electrons. The van der Waals surface area contributed by atoms with E-state index in [1.807, 2.05) is 18.2 Å². The largest absolute Gasteiger partial charge is 0.378 e. The van der Waals surface area contributed by atoms with Crippen LogP contribution in [0.3, 0.4) is 0 Å². The maximum Gasteiger partial charge on any atom is 0.266 e. The number of carbonyl (C=O) groups excluding carboxylic acids is 1. The molecule has 35 heavy (non-hydrogen) atoms. The van der Waals surface area contributed by atoms with E-state index in [-0.39, 0.29) is 28.1 Å². The summed E-state index contributed by atoms with van der Waals surface area (Å²) in [6.07, 6.45) is 1.84. The number of hydrogen-bond donors (Lipinski definition) is 0. The molecule has 0 saturated carbocycles. The first-order valence-corrected chi connectivity index (χ1v) is 11.0. The van der Waals surface area contributed by atoms with Gasteiger partial charge >= 0.3 is 0 Å². The van der Waals surface area contributed by atoms with Crippen molar-refractivity contribution in [2.45, 2.75) is 5.92 Å². The van der Waals surface area contributed by atoms with E-state index in [1.165, 1.54) is 31.6 Å². The Kier molecular flexibility index (Phi) is 6.04. The van der Waals surface area contributed by atoms with Crippen molar-refractivity contribution < 1.29 is 18.3 Å². The Morgan fingerprint density at radius 2 is 1.83 bits per heavy atom. The lowest BCUT2D eigenvalue weighted by Crippen LogP contribution is -2.36. The maximum atomic E-state index is 15.0. The third-order valence-electron chi connectivity index (χ3n) is 6.11. The molecule has 0 aliphatic carbocycles. The number of hydrogen-bond acceptors (Lipinski definition) is 7. The smallest absolute Gasteiger partial charge is 0.266 e. The molecule has 4 aromatic rings. The molecule has 1 fully saturated rings. The SMILES string of the molecule is Cn1nc(C(C=O)c2cc(-c3ncnc4cc(N5CCOCC5)ccc34)c(F)cc2F)ccc1=O. The maximum absolute atomic E-state index is 15.0. The molecule has 0 spiro atoms. The number of halogens is 2. The summed E-state index contributed by atoms with van der Waals surface area (Å²) in [5.41, 5.74) is 1.61. The number of morpholine rings is 1. The van der Waals surface area contributed by atoms with Crippen LogP contribution in [0.4, 0.5) is 14.5 Å². The second kappa shape index (κ2) is 9.30. The minimum absolute atomic E-state index is 0.0320. The van der Waals surface area contributed by atoms with Gasteiger partial charge in [0.15, 0.2) is 0 Å². The Morgan fingerprint density at radius 3 is 2.57 bits per heavy atom. The normalized spacial score (nSPS) is 14.8. The summed E-state index contributed by atoms with van der Waals surface area (Å²) in [7, 11) is 1.43. The molecule has 1 aliphatic heterocycles. The molecule has 5 rings (SSSR count). The number of ether oxygens (including phenoxy) is 1. The van der Waals surface area contributed by atoms with Gasteiger partial charge in [0.2, 0.25) is 0 Å². The summed E-state index contributed by atoms with van der Waals surface area (Å²) in [6.45, 7) is 2.79. The molecule has 0 bridgehead atoms. The van der Waals surface area contributed by atoms with E-state index >= 15 is 4.39 Å². The first-order chi connectivity index (χ1) is 17.0. The number of benzene rings is 2. The number of aromatic nitrogens is 4. The average molecular weight is 477 g/mol. The molecule has 1 aliphatic rings. The first kappa shape index (κ1) is 22.7. The third-order valence-corrected chi connectivity index (χ3v) is 6.11. The van der Waals surface area contributed by atoms with Crippen molar-refractivity contribution in [2.75, 3.05) is 31.2 Å². The van der Waals surface area contributed by atoms with Gasteiger partial charge in [-0.1, -0.05) is 0 Å². The quantitative estimate of drug-likeness (QED) is 0.409. The van der Waals surface area contributed by atoms with Crippen LogP contribution in [0.5, 0.6) is 0 Å². The van der Waals surface area contributed by atoms with Crippen molar-refractivity contribution >= 4 is 22.9 Å². The summed E-state index contributed by atoms with van der Waals surface area (Å²) < 4.78 is 36.4. The van der Waals surface area contributed by atoms with Crippen LogP contribution in [-0.4, -0.2) is 52.3 Å². The highest BCUT2D eigenvalue weighted by Crippen LogP contribution is 2.34. The van der Waals surface area contributed by atoms with Gasteiger partial charge in [-0.05, 0) is 30.3 Å². The minimum Gasteiger partial charge on any atom is -0.378 e. The summed E-state index contributed by atoms with van der Waals surface area (Å²) in [6, 6.07) is 10.2. The topological polar surface area (TPSA) is 90.2 Å². The van der Waals surface area contributed by atoms with Gasteiger partial charge in [0.05, 0.1) is 36.0 Å². The van der Waals surface area contributed by atoms with E-state index < -0.39 is 17.6 Å². The summed E-state index contributed by atoms with van der Waals surface area (Å²) in [5, 5.41) is 4.65. The van der Waals surface area contributed by atoms with Crippen molar-refractivity contribution in [3.63, 3.8) is 0 Å². The fraction of sp³-hybridized carbons (Fsp3) is 0.240. The average Bonchev–Trinajstić information content (AvgIpc) is 2.87. The van der Waals surface area contributed by atoms with Crippen LogP contribution in [0.1, 0.15) is 17.2 Å². The number of aryl methyl sites for hydroxylation is 1. The molecule has 0 radical (unpaired) electrons. The number of nitrogens with zero attached hydrogens (tertiary/aromatic N) is 5. The van der Waals surface area contributed by atoms with Crippen molar-refractivity contribution in [3.05, 3.63) is 82.0 Å². The predicted molar refractivity (Wildman–Crippen MR) is 125 cm³/mol. The lowest BCUT2D eigenvalue weighted by Gasteiger charge is -2.29. The number of carbonyl (C=O) groups is 1. The molecular formula is C25H21F2N5O3. The van der Waals surface area contributed by atoms with Gasteiger partial charge in [-0.3, -0.25) is 4.79 Å². The fourth-order valence-corrected chi connectivity index (χ4v) is 4.25. The zero-order valence-corrected chi connectivity index (χ0v) is 18.8. The Balaban J connectivity index is 1.61. The van der Waals surface area contributed by atoms with Crippen molar-refractivity contribution in [1.29, 1.82) is 0 Å². The Hall–Kier alpha value is -4.05. The molecule has 1 unspecified atom stereocenters. The van der Waals surface area contributed by atoms with Crippen LogP contribution in [0.15, 0.2) is 53.6 Å². The molecule has 8 nitrogen and oxygen atoms in total. The monoisotopic (exact) mass is 477 g/mol. The van der Waals surface area contributed by atoms with E-state index in [0.29, 0.717) is 30.4 Å². The van der Waals surface area contributed by atoms with E-state index in [1.54, 1.807) is 0 Å². The van der Waals surface area contributed by atoms with Crippen molar-refractivity contribution in [3.8, 4) is 11.3 Å². The molecule has 0 N–H and O–H groups in total. The van der Waals surface area contributed by atoms with E-state index in [2.05, 4.69) is 20.0 Å². The summed E-state index contributed by atoms with van der Waals surface area (Å²) in [5.74, 6) is -2.85. The van der Waals surface area contributed by atoms with E-state index in [9.17, 15) is 14.0 Å². The van der Waals surface area contributed by atoms with Gasteiger partial charge in [-0.15, -0.1) is 0 Å². The molecule has 2 aromatic heterocycles. The van der Waals surface area contributed by atoms with Gasteiger partial charge in [-0.2, -0.15) is 5.10 Å². The van der Waals surface area contributed by atoms with Gasteiger partial charge in [0, 0.05) is 54.5 Å². The van der Waals surface area contributed by atoms with Crippen molar-refractivity contribution in [2.24, 2.45) is 7.05 Å². The lowest BCUT2D eigenvalue weighted by molar-refractivity contribution is -0.108. The standard InChI is InChI=1S/C25H21F2N5O3/c1-31-24(34)5-4-22(30-31)19(13-33)17-11-18(21(27)12-20(17)26)25-16-3-2-15(10-23(16)28-14-29-25)32-6-8-35-9-7-32/h2-5,10-14,19H,6-9H2,1H3. The second-order valence-electron chi connectivity index (χ2n) is 8.21. The zero-order chi connectivity index (χ0) is 24.5. The highest BCUT2D eigenvalue weighted by atomic mass is 19.1. The van der Waals surface area contributed by atoms with Crippen LogP contribution >= 0.6 is 0 Å². The number of fused-ring (bicyclic) bond motifs is 1. The Bertz CT molecular complexity index is 1480. The number of aldehydes is 1. The lowest BCUT2D eigenvalue weighted by atomic mass is 9.93. The first-order valence-electron chi connectivity index (χ1n) is 11.0. The van der Waals surface area contributed by atoms with Crippen LogP contribution in [0.2, 0.25) is 0 Å². The molecule has 10 heteroatoms. The number of anilines is 1. The van der Waals surface area contributed by atoms with Crippen LogP contribution < -0.4 is 10.5 Å². The zero-order valence-electron chi connectivity index (χ0n) is 18.8. The van der Waals surface area contributed by atoms with Gasteiger partial charge in [-0.25, -0.2) is 23.4 Å². The molecule has 3 heterocycles. The van der Waals surface area contributed by atoms with E-state index in [0.717, 1.165) is 29.5 Å². The summed E-state index contributed by atoms with van der Waals surface area (Å²) >= 11 is 0. The minimum atomic E-state index is -1.14. The molecular weight excluding hydrogens is 456 g/mol. The molecule has 2 aromatic carbocycles. The van der Waals surface area contributed by atoms with Gasteiger partial charge in [0.1, 0.15) is 24.2 Å². The Morgan fingerprint density at radius 1 is 1.03 bits per heavy atom. The predicted octanol–water partition coefficient (Wildman–Crippen LogP) is 2.84. The van der Waals surface area contributed by atoms with Gasteiger partial charge < -0.3 is 14.4 Å². The van der Waals surface area contributed by atoms with Crippen LogP contribution in [0, 0.1) is 11.6 Å². The van der Waals surface area contributed by atoms with Gasteiger partial charge in [0.25, 0.3) is 5.56 Å². The second-order valence-corrected chi connectivity index (χ2v) is 8.21. The third kappa shape index (κ3) is 4.28. The molecule has 0 amide bonds. The molecule has 1 atom stereocenters. The summed E-state index contributed by atoms with van der Waals surface area (Å²) in [4.78, 5) is 34.4. The van der Waals surface area contributed by atoms with Crippen molar-refractivity contribution in [1.82, 2.24) is 19.7 Å². The highest BCUT2D eigenvalue weighted by molar-refractivity contribution is 5.94.